The zero-order valence-corrected chi connectivity index (χ0v) is 9.94. The number of pyridine rings is 1. The van der Waals surface area contributed by atoms with E-state index in [2.05, 4.69) is 47.1 Å². The first-order valence-corrected chi connectivity index (χ1v) is 5.37. The van der Waals surface area contributed by atoms with E-state index in [1.54, 1.807) is 0 Å². The molecule has 2 aromatic rings. The second kappa shape index (κ2) is 4.35. The van der Waals surface area contributed by atoms with E-state index >= 15 is 0 Å². The Morgan fingerprint density at radius 1 is 1.00 bits per heavy atom. The first kappa shape index (κ1) is 10.7. The maximum absolute atomic E-state index is 4.11. The van der Waals surface area contributed by atoms with Crippen molar-refractivity contribution in [3.8, 4) is 11.1 Å². The van der Waals surface area contributed by atoms with Crippen LogP contribution in [0.5, 0.6) is 0 Å². The van der Waals surface area contributed by atoms with Crippen LogP contribution in [-0.4, -0.2) is 19.1 Å². The first-order chi connectivity index (χ1) is 7.68. The van der Waals surface area contributed by atoms with Crippen LogP contribution in [0.1, 0.15) is 5.56 Å². The first-order valence-electron chi connectivity index (χ1n) is 5.37. The van der Waals surface area contributed by atoms with E-state index < -0.39 is 0 Å². The van der Waals surface area contributed by atoms with Crippen molar-refractivity contribution < 1.29 is 0 Å². The topological polar surface area (TPSA) is 16.1 Å². The average Bonchev–Trinajstić information content (AvgIpc) is 2.30. The molecule has 16 heavy (non-hydrogen) atoms. The third-order valence-corrected chi connectivity index (χ3v) is 2.71. The predicted octanol–water partition coefficient (Wildman–Crippen LogP) is 3.12. The molecule has 0 saturated heterocycles. The van der Waals surface area contributed by atoms with Crippen LogP contribution in [0.15, 0.2) is 42.7 Å². The summed E-state index contributed by atoms with van der Waals surface area (Å²) in [7, 11) is 4.10. The zero-order valence-electron chi connectivity index (χ0n) is 9.94. The summed E-state index contributed by atoms with van der Waals surface area (Å²) in [4.78, 5) is 6.21. The number of hydrogen-bond acceptors (Lipinski definition) is 2. The normalized spacial score (nSPS) is 10.2. The van der Waals surface area contributed by atoms with Crippen molar-refractivity contribution in [2.75, 3.05) is 19.0 Å². The Kier molecular flexibility index (Phi) is 2.91. The molecule has 0 amide bonds. The van der Waals surface area contributed by atoms with Gasteiger partial charge >= 0.3 is 0 Å². The molecule has 0 unspecified atom stereocenters. The molecular weight excluding hydrogens is 196 g/mol. The number of anilines is 1. The third-order valence-electron chi connectivity index (χ3n) is 2.71. The minimum atomic E-state index is 1.21. The highest BCUT2D eigenvalue weighted by Gasteiger charge is 2.01. The average molecular weight is 212 g/mol. The van der Waals surface area contributed by atoms with Crippen molar-refractivity contribution in [2.24, 2.45) is 0 Å². The molecule has 0 saturated carbocycles. The number of hydrogen-bond donors (Lipinski definition) is 0. The van der Waals surface area contributed by atoms with E-state index in [0.717, 1.165) is 0 Å². The second-order valence-electron chi connectivity index (χ2n) is 4.13. The molecule has 0 aliphatic carbocycles. The van der Waals surface area contributed by atoms with Crippen LogP contribution in [0.3, 0.4) is 0 Å². The lowest BCUT2D eigenvalue weighted by Gasteiger charge is -2.13. The summed E-state index contributed by atoms with van der Waals surface area (Å²) >= 11 is 0. The Hall–Kier alpha value is -1.83. The fourth-order valence-electron chi connectivity index (χ4n) is 1.74. The molecule has 2 heteroatoms. The van der Waals surface area contributed by atoms with Gasteiger partial charge in [-0.25, -0.2) is 0 Å². The van der Waals surface area contributed by atoms with Gasteiger partial charge < -0.3 is 4.90 Å². The van der Waals surface area contributed by atoms with Crippen LogP contribution in [0.4, 0.5) is 5.69 Å². The van der Waals surface area contributed by atoms with E-state index in [0.29, 0.717) is 0 Å². The molecule has 1 aromatic carbocycles. The molecule has 0 radical (unpaired) electrons. The maximum atomic E-state index is 4.11. The van der Waals surface area contributed by atoms with Crippen LogP contribution in [0.25, 0.3) is 11.1 Å². The Balaban J connectivity index is 2.39. The highest BCUT2D eigenvalue weighted by atomic mass is 15.1. The summed E-state index contributed by atoms with van der Waals surface area (Å²) in [5.74, 6) is 0. The van der Waals surface area contributed by atoms with Gasteiger partial charge in [-0.3, -0.25) is 4.98 Å². The van der Waals surface area contributed by atoms with Gasteiger partial charge in [0.2, 0.25) is 0 Å². The highest BCUT2D eigenvalue weighted by molar-refractivity contribution is 5.68. The fourth-order valence-corrected chi connectivity index (χ4v) is 1.74. The molecule has 0 bridgehead atoms. The number of aromatic nitrogens is 1. The van der Waals surface area contributed by atoms with Crippen LogP contribution in [0.2, 0.25) is 0 Å². The van der Waals surface area contributed by atoms with Crippen molar-refractivity contribution in [3.05, 3.63) is 48.3 Å². The lowest BCUT2D eigenvalue weighted by molar-refractivity contribution is 1.13. The Bertz CT molecular complexity index is 472. The van der Waals surface area contributed by atoms with Gasteiger partial charge in [-0.2, -0.15) is 0 Å². The molecule has 1 heterocycles. The van der Waals surface area contributed by atoms with E-state index in [9.17, 15) is 0 Å². The van der Waals surface area contributed by atoms with Gasteiger partial charge in [-0.1, -0.05) is 12.1 Å². The molecule has 2 rings (SSSR count). The lowest BCUT2D eigenvalue weighted by atomic mass is 10.0. The highest BCUT2D eigenvalue weighted by Crippen LogP contribution is 2.24. The molecular formula is C14H16N2. The number of aryl methyl sites for hydroxylation is 1. The molecule has 0 aliphatic heterocycles. The van der Waals surface area contributed by atoms with Crippen molar-refractivity contribution in [1.82, 2.24) is 4.98 Å². The molecule has 82 valence electrons. The predicted molar refractivity (Wildman–Crippen MR) is 68.7 cm³/mol. The molecule has 0 fully saturated rings. The van der Waals surface area contributed by atoms with Crippen molar-refractivity contribution in [3.63, 3.8) is 0 Å². The van der Waals surface area contributed by atoms with E-state index in [1.165, 1.54) is 22.4 Å². The SMILES string of the molecule is Cc1cnccc1-c1ccc(N(C)C)cc1. The molecule has 0 N–H and O–H groups in total. The van der Waals surface area contributed by atoms with E-state index in [4.69, 9.17) is 0 Å². The van der Waals surface area contributed by atoms with Gasteiger partial charge in [-0.05, 0) is 41.8 Å². The summed E-state index contributed by atoms with van der Waals surface area (Å²) in [6.45, 7) is 2.09. The summed E-state index contributed by atoms with van der Waals surface area (Å²) in [5, 5.41) is 0. The summed E-state index contributed by atoms with van der Waals surface area (Å²) in [6, 6.07) is 10.6. The van der Waals surface area contributed by atoms with Crippen molar-refractivity contribution >= 4 is 5.69 Å². The van der Waals surface area contributed by atoms with Crippen LogP contribution in [-0.2, 0) is 0 Å². The summed E-state index contributed by atoms with van der Waals surface area (Å²) in [5.41, 5.74) is 4.92. The van der Waals surface area contributed by atoms with Crippen LogP contribution >= 0.6 is 0 Å². The lowest BCUT2D eigenvalue weighted by Crippen LogP contribution is -2.07. The fraction of sp³-hybridized carbons (Fsp3) is 0.214. The van der Waals surface area contributed by atoms with Gasteiger partial charge in [-0.15, -0.1) is 0 Å². The standard InChI is InChI=1S/C14H16N2/c1-11-10-15-9-8-14(11)12-4-6-13(7-5-12)16(2)3/h4-10H,1-3H3. The molecule has 1 aromatic heterocycles. The largest absolute Gasteiger partial charge is 0.378 e. The van der Waals surface area contributed by atoms with Gasteiger partial charge in [0.15, 0.2) is 0 Å². The molecule has 0 spiro atoms. The second-order valence-corrected chi connectivity index (χ2v) is 4.13. The minimum Gasteiger partial charge on any atom is -0.378 e. The monoisotopic (exact) mass is 212 g/mol. The van der Waals surface area contributed by atoms with Gasteiger partial charge in [0.25, 0.3) is 0 Å². The number of benzene rings is 1. The van der Waals surface area contributed by atoms with Crippen molar-refractivity contribution in [1.29, 1.82) is 0 Å². The maximum Gasteiger partial charge on any atom is 0.0361 e. The Morgan fingerprint density at radius 2 is 1.69 bits per heavy atom. The number of nitrogens with zero attached hydrogens (tertiary/aromatic N) is 2. The Morgan fingerprint density at radius 3 is 2.25 bits per heavy atom. The summed E-state index contributed by atoms with van der Waals surface area (Å²) < 4.78 is 0. The molecule has 0 atom stereocenters. The molecule has 0 aliphatic rings. The molecule has 2 nitrogen and oxygen atoms in total. The van der Waals surface area contributed by atoms with E-state index in [1.807, 2.05) is 26.5 Å². The Labute approximate surface area is 96.6 Å². The zero-order chi connectivity index (χ0) is 11.5. The third kappa shape index (κ3) is 2.06. The van der Waals surface area contributed by atoms with Gasteiger partial charge in [0.1, 0.15) is 0 Å². The van der Waals surface area contributed by atoms with Crippen molar-refractivity contribution in [2.45, 2.75) is 6.92 Å². The van der Waals surface area contributed by atoms with Gasteiger partial charge in [0.05, 0.1) is 0 Å². The summed E-state index contributed by atoms with van der Waals surface area (Å²) in [6.07, 6.45) is 3.73. The van der Waals surface area contributed by atoms with Gasteiger partial charge in [0, 0.05) is 32.2 Å². The smallest absolute Gasteiger partial charge is 0.0361 e. The van der Waals surface area contributed by atoms with Crippen LogP contribution < -0.4 is 4.90 Å². The number of rotatable bonds is 2. The quantitative estimate of drug-likeness (QED) is 0.760. The van der Waals surface area contributed by atoms with E-state index in [-0.39, 0.29) is 0 Å². The minimum absolute atomic E-state index is 1.21. The van der Waals surface area contributed by atoms with Crippen LogP contribution in [0, 0.1) is 6.92 Å².